The van der Waals surface area contributed by atoms with Gasteiger partial charge in [0.1, 0.15) is 0 Å². The minimum atomic E-state index is -0.651. The summed E-state index contributed by atoms with van der Waals surface area (Å²) in [4.78, 5) is 14.4. The van der Waals surface area contributed by atoms with Crippen molar-refractivity contribution in [1.29, 1.82) is 0 Å². The minimum Gasteiger partial charge on any atom is -0.481 e. The molecule has 2 aliphatic heterocycles. The number of carboxylic acid groups (broad SMARTS) is 1. The zero-order valence-corrected chi connectivity index (χ0v) is 10.3. The first-order valence-corrected chi connectivity index (χ1v) is 6.89. The molecule has 1 unspecified atom stereocenters. The Bertz CT molecular complexity index is 443. The summed E-state index contributed by atoms with van der Waals surface area (Å²) in [5.74, 6) is 0.917. The lowest BCUT2D eigenvalue weighted by Gasteiger charge is -2.38. The van der Waals surface area contributed by atoms with E-state index >= 15 is 0 Å². The monoisotopic (exact) mass is 249 g/mol. The SMILES string of the molecule is O=C(O)C1CN(CC2CSc3ccccc32)C1. The Kier molecular flexibility index (Phi) is 2.84. The number of aliphatic carboxylic acids is 1. The normalized spacial score (nSPS) is 24.4. The van der Waals surface area contributed by atoms with Crippen molar-refractivity contribution in [3.05, 3.63) is 29.8 Å². The second kappa shape index (κ2) is 4.35. The van der Waals surface area contributed by atoms with E-state index in [4.69, 9.17) is 5.11 Å². The van der Waals surface area contributed by atoms with E-state index in [0.29, 0.717) is 5.92 Å². The van der Waals surface area contributed by atoms with Gasteiger partial charge in [-0.25, -0.2) is 0 Å². The molecule has 17 heavy (non-hydrogen) atoms. The highest BCUT2D eigenvalue weighted by atomic mass is 32.2. The van der Waals surface area contributed by atoms with Gasteiger partial charge in [0.2, 0.25) is 0 Å². The van der Waals surface area contributed by atoms with Gasteiger partial charge in [0, 0.05) is 36.2 Å². The number of likely N-dealkylation sites (tertiary alicyclic amines) is 1. The quantitative estimate of drug-likeness (QED) is 0.888. The van der Waals surface area contributed by atoms with Crippen LogP contribution in [-0.2, 0) is 4.79 Å². The first-order valence-electron chi connectivity index (χ1n) is 5.91. The number of fused-ring (bicyclic) bond motifs is 1. The van der Waals surface area contributed by atoms with Crippen LogP contribution < -0.4 is 0 Å². The molecule has 3 rings (SSSR count). The summed E-state index contributed by atoms with van der Waals surface area (Å²) in [6.07, 6.45) is 0. The molecule has 0 aliphatic carbocycles. The van der Waals surface area contributed by atoms with Crippen LogP contribution in [0.2, 0.25) is 0 Å². The van der Waals surface area contributed by atoms with E-state index in [1.54, 1.807) is 0 Å². The number of benzene rings is 1. The van der Waals surface area contributed by atoms with Crippen molar-refractivity contribution in [1.82, 2.24) is 4.90 Å². The number of rotatable bonds is 3. The molecule has 0 saturated carbocycles. The molecule has 1 N–H and O–H groups in total. The molecule has 1 saturated heterocycles. The summed E-state index contributed by atoms with van der Waals surface area (Å²) in [6, 6.07) is 8.55. The molecule has 1 fully saturated rings. The summed E-state index contributed by atoms with van der Waals surface area (Å²) in [6.45, 7) is 2.45. The first-order chi connectivity index (χ1) is 8.24. The molecule has 0 aromatic heterocycles. The molecule has 0 radical (unpaired) electrons. The maximum atomic E-state index is 10.7. The highest BCUT2D eigenvalue weighted by Crippen LogP contribution is 2.40. The summed E-state index contributed by atoms with van der Waals surface area (Å²) in [5.41, 5.74) is 1.44. The number of nitrogens with zero attached hydrogens (tertiary/aromatic N) is 1. The molecule has 2 aliphatic rings. The van der Waals surface area contributed by atoms with Crippen molar-refractivity contribution in [3.8, 4) is 0 Å². The molecular formula is C13H15NO2S. The molecule has 4 heteroatoms. The van der Waals surface area contributed by atoms with Gasteiger partial charge < -0.3 is 10.0 Å². The summed E-state index contributed by atoms with van der Waals surface area (Å²) in [5, 5.41) is 8.84. The second-order valence-electron chi connectivity index (χ2n) is 4.80. The summed E-state index contributed by atoms with van der Waals surface area (Å²) >= 11 is 1.92. The van der Waals surface area contributed by atoms with Gasteiger partial charge in [0.05, 0.1) is 5.92 Å². The molecular weight excluding hydrogens is 234 g/mol. The Morgan fingerprint density at radius 3 is 2.94 bits per heavy atom. The van der Waals surface area contributed by atoms with Gasteiger partial charge in [0.25, 0.3) is 0 Å². The molecule has 3 nitrogen and oxygen atoms in total. The largest absolute Gasteiger partial charge is 0.481 e. The average molecular weight is 249 g/mol. The van der Waals surface area contributed by atoms with Crippen molar-refractivity contribution in [2.45, 2.75) is 10.8 Å². The molecule has 2 heterocycles. The fraction of sp³-hybridized carbons (Fsp3) is 0.462. The molecule has 0 bridgehead atoms. The van der Waals surface area contributed by atoms with Gasteiger partial charge in [-0.3, -0.25) is 4.79 Å². The zero-order valence-electron chi connectivity index (χ0n) is 9.50. The van der Waals surface area contributed by atoms with Crippen molar-refractivity contribution in [2.75, 3.05) is 25.4 Å². The fourth-order valence-electron chi connectivity index (χ4n) is 2.57. The predicted molar refractivity (Wildman–Crippen MR) is 67.5 cm³/mol. The van der Waals surface area contributed by atoms with Gasteiger partial charge in [-0.2, -0.15) is 0 Å². The van der Waals surface area contributed by atoms with Gasteiger partial charge in [-0.05, 0) is 11.6 Å². The van der Waals surface area contributed by atoms with Crippen LogP contribution in [0.25, 0.3) is 0 Å². The number of carboxylic acids is 1. The van der Waals surface area contributed by atoms with E-state index in [1.165, 1.54) is 10.5 Å². The van der Waals surface area contributed by atoms with Gasteiger partial charge in [-0.15, -0.1) is 11.8 Å². The lowest BCUT2D eigenvalue weighted by atomic mass is 9.95. The maximum Gasteiger partial charge on any atom is 0.309 e. The van der Waals surface area contributed by atoms with E-state index in [2.05, 4.69) is 29.2 Å². The molecule has 1 aromatic rings. The number of hydrogen-bond donors (Lipinski definition) is 1. The highest BCUT2D eigenvalue weighted by molar-refractivity contribution is 7.99. The lowest BCUT2D eigenvalue weighted by Crippen LogP contribution is -2.51. The van der Waals surface area contributed by atoms with E-state index in [0.717, 1.165) is 25.4 Å². The Balaban J connectivity index is 1.60. The van der Waals surface area contributed by atoms with Crippen LogP contribution in [0.3, 0.4) is 0 Å². The van der Waals surface area contributed by atoms with Crippen molar-refractivity contribution in [3.63, 3.8) is 0 Å². The fourth-order valence-corrected chi connectivity index (χ4v) is 3.81. The Hall–Kier alpha value is -1.00. The van der Waals surface area contributed by atoms with Crippen LogP contribution in [0.15, 0.2) is 29.2 Å². The summed E-state index contributed by atoms with van der Waals surface area (Å²) < 4.78 is 0. The van der Waals surface area contributed by atoms with Gasteiger partial charge in [0.15, 0.2) is 0 Å². The molecule has 0 spiro atoms. The Labute approximate surface area is 105 Å². The zero-order chi connectivity index (χ0) is 11.8. The minimum absolute atomic E-state index is 0.140. The third-order valence-corrected chi connectivity index (χ3v) is 4.84. The van der Waals surface area contributed by atoms with E-state index < -0.39 is 5.97 Å². The summed E-state index contributed by atoms with van der Waals surface area (Å²) in [7, 11) is 0. The van der Waals surface area contributed by atoms with Crippen molar-refractivity contribution >= 4 is 17.7 Å². The predicted octanol–water partition coefficient (Wildman–Crippen LogP) is 1.89. The number of hydrogen-bond acceptors (Lipinski definition) is 3. The van der Waals surface area contributed by atoms with Crippen LogP contribution in [-0.4, -0.2) is 41.4 Å². The first kappa shape index (κ1) is 11.1. The van der Waals surface area contributed by atoms with Crippen LogP contribution in [0.1, 0.15) is 11.5 Å². The van der Waals surface area contributed by atoms with Gasteiger partial charge in [-0.1, -0.05) is 18.2 Å². The maximum absolute atomic E-state index is 10.7. The molecule has 1 atom stereocenters. The number of thioether (sulfide) groups is 1. The topological polar surface area (TPSA) is 40.5 Å². The molecule has 1 aromatic carbocycles. The lowest BCUT2D eigenvalue weighted by molar-refractivity contribution is -0.147. The van der Waals surface area contributed by atoms with Gasteiger partial charge >= 0.3 is 5.97 Å². The van der Waals surface area contributed by atoms with E-state index in [1.807, 2.05) is 11.8 Å². The standard InChI is InChI=1S/C13H15NO2S/c15-13(16)9-5-14(6-9)7-10-8-17-12-4-2-1-3-11(10)12/h1-4,9-10H,5-8H2,(H,15,16). The van der Waals surface area contributed by atoms with E-state index in [9.17, 15) is 4.79 Å². The Morgan fingerprint density at radius 1 is 1.41 bits per heavy atom. The molecule has 90 valence electrons. The van der Waals surface area contributed by atoms with E-state index in [-0.39, 0.29) is 5.92 Å². The van der Waals surface area contributed by atoms with Crippen molar-refractivity contribution < 1.29 is 9.90 Å². The second-order valence-corrected chi connectivity index (χ2v) is 5.86. The smallest absolute Gasteiger partial charge is 0.309 e. The highest BCUT2D eigenvalue weighted by Gasteiger charge is 2.35. The third-order valence-electron chi connectivity index (χ3n) is 3.58. The Morgan fingerprint density at radius 2 is 2.18 bits per heavy atom. The number of carbonyl (C=O) groups is 1. The van der Waals surface area contributed by atoms with Crippen LogP contribution >= 0.6 is 11.8 Å². The van der Waals surface area contributed by atoms with Crippen molar-refractivity contribution in [2.24, 2.45) is 5.92 Å². The average Bonchev–Trinajstić information content (AvgIpc) is 2.65. The van der Waals surface area contributed by atoms with Crippen LogP contribution in [0.4, 0.5) is 0 Å². The third kappa shape index (κ3) is 2.07. The molecule has 0 amide bonds. The van der Waals surface area contributed by atoms with Crippen LogP contribution in [0, 0.1) is 5.92 Å². The van der Waals surface area contributed by atoms with Crippen LogP contribution in [0.5, 0.6) is 0 Å².